The van der Waals surface area contributed by atoms with Crippen LogP contribution < -0.4 is 11.1 Å². The fraction of sp³-hybridized carbons (Fsp3) is 0.667. The van der Waals surface area contributed by atoms with E-state index < -0.39 is 0 Å². The van der Waals surface area contributed by atoms with Gasteiger partial charge in [0.15, 0.2) is 0 Å². The highest BCUT2D eigenvalue weighted by Crippen LogP contribution is 2.37. The molecule has 0 spiro atoms. The lowest BCUT2D eigenvalue weighted by Gasteiger charge is -2.27. The predicted molar refractivity (Wildman–Crippen MR) is 87.6 cm³/mol. The average Bonchev–Trinajstić information content (AvgIpc) is 2.98. The number of carbonyl (C=O) groups is 1. The lowest BCUT2D eigenvalue weighted by molar-refractivity contribution is -0.130. The van der Waals surface area contributed by atoms with Gasteiger partial charge in [-0.05, 0) is 38.8 Å². The Kier molecular flexibility index (Phi) is 6.49. The number of nitrogens with two attached hydrogens (primary N) is 1. The topological polar surface area (TPSA) is 55.1 Å². The van der Waals surface area contributed by atoms with E-state index in [1.165, 1.54) is 9.75 Å². The third-order valence-corrected chi connectivity index (χ3v) is 5.14. The van der Waals surface area contributed by atoms with E-state index >= 15 is 0 Å². The van der Waals surface area contributed by atoms with Crippen LogP contribution in [0.3, 0.4) is 0 Å². The molecule has 1 heterocycles. The molecule has 3 N–H and O–H groups in total. The summed E-state index contributed by atoms with van der Waals surface area (Å²) in [7, 11) is 0. The van der Waals surface area contributed by atoms with Crippen molar-refractivity contribution in [3.8, 4) is 0 Å². The Balaban J connectivity index is 0.00000200. The molecule has 1 aliphatic rings. The molecule has 1 aromatic heterocycles. The molecular weight excluding hydrogens is 292 g/mol. The average molecular weight is 317 g/mol. The lowest BCUT2D eigenvalue weighted by atomic mass is 9.85. The Hall–Kier alpha value is -0.580. The number of thiophene rings is 1. The van der Waals surface area contributed by atoms with Gasteiger partial charge in [0.2, 0.25) is 5.91 Å². The van der Waals surface area contributed by atoms with Crippen molar-refractivity contribution in [2.45, 2.75) is 52.0 Å². The van der Waals surface area contributed by atoms with Crippen molar-refractivity contribution >= 4 is 29.7 Å². The number of amides is 1. The molecule has 1 amide bonds. The van der Waals surface area contributed by atoms with Crippen molar-refractivity contribution < 1.29 is 4.79 Å². The Morgan fingerprint density at radius 1 is 1.45 bits per heavy atom. The maximum absolute atomic E-state index is 12.4. The molecule has 114 valence electrons. The van der Waals surface area contributed by atoms with Gasteiger partial charge in [0, 0.05) is 28.8 Å². The molecule has 20 heavy (non-hydrogen) atoms. The predicted octanol–water partition coefficient (Wildman–Crippen LogP) is 3.04. The summed E-state index contributed by atoms with van der Waals surface area (Å²) in [6.45, 7) is 4.66. The highest BCUT2D eigenvalue weighted by Gasteiger charge is 2.40. The van der Waals surface area contributed by atoms with Crippen molar-refractivity contribution in [2.24, 2.45) is 11.1 Å². The second-order valence-corrected chi connectivity index (χ2v) is 7.16. The van der Waals surface area contributed by atoms with Crippen LogP contribution in [0.2, 0.25) is 0 Å². The van der Waals surface area contributed by atoms with Crippen LogP contribution >= 0.6 is 23.7 Å². The SMILES string of the molecule is Cc1ccc(CC(C)NC(=O)C2(CN)CCCC2)s1.Cl. The van der Waals surface area contributed by atoms with E-state index in [0.29, 0.717) is 6.54 Å². The molecule has 2 rings (SSSR count). The minimum absolute atomic E-state index is 0. The van der Waals surface area contributed by atoms with Gasteiger partial charge in [-0.3, -0.25) is 4.79 Å². The normalized spacial score (nSPS) is 18.4. The number of nitrogens with one attached hydrogen (secondary N) is 1. The fourth-order valence-corrected chi connectivity index (χ4v) is 3.92. The molecular formula is C15H25ClN2OS. The maximum atomic E-state index is 12.4. The Bertz CT molecular complexity index is 441. The quantitative estimate of drug-likeness (QED) is 0.877. The van der Waals surface area contributed by atoms with Gasteiger partial charge in [0.25, 0.3) is 0 Å². The first-order chi connectivity index (χ1) is 9.05. The Morgan fingerprint density at radius 2 is 2.10 bits per heavy atom. The Morgan fingerprint density at radius 3 is 2.60 bits per heavy atom. The number of halogens is 1. The molecule has 3 nitrogen and oxygen atoms in total. The summed E-state index contributed by atoms with van der Waals surface area (Å²) in [5, 5.41) is 3.16. The van der Waals surface area contributed by atoms with Gasteiger partial charge in [0.05, 0.1) is 5.41 Å². The molecule has 1 unspecified atom stereocenters. The molecule has 0 aliphatic heterocycles. The number of aryl methyl sites for hydroxylation is 1. The monoisotopic (exact) mass is 316 g/mol. The number of rotatable bonds is 5. The van der Waals surface area contributed by atoms with Gasteiger partial charge < -0.3 is 11.1 Å². The second kappa shape index (κ2) is 7.43. The second-order valence-electron chi connectivity index (χ2n) is 5.78. The molecule has 1 saturated carbocycles. The van der Waals surface area contributed by atoms with Crippen LogP contribution in [-0.4, -0.2) is 18.5 Å². The maximum Gasteiger partial charge on any atom is 0.227 e. The standard InChI is InChI=1S/C15H24N2OS.ClH/c1-11(9-13-6-5-12(2)19-13)17-14(18)15(10-16)7-3-4-8-15;/h5-6,11H,3-4,7-10,16H2,1-2H3,(H,17,18);1H. The zero-order chi connectivity index (χ0) is 13.9. The van der Waals surface area contributed by atoms with Crippen molar-refractivity contribution in [2.75, 3.05) is 6.54 Å². The zero-order valence-corrected chi connectivity index (χ0v) is 13.9. The summed E-state index contributed by atoms with van der Waals surface area (Å²) in [6.07, 6.45) is 5.05. The smallest absolute Gasteiger partial charge is 0.227 e. The van der Waals surface area contributed by atoms with Gasteiger partial charge in [-0.15, -0.1) is 23.7 Å². The summed E-state index contributed by atoms with van der Waals surface area (Å²) in [4.78, 5) is 15.1. The van der Waals surface area contributed by atoms with E-state index in [1.807, 2.05) is 0 Å². The molecule has 0 bridgehead atoms. The van der Waals surface area contributed by atoms with Gasteiger partial charge >= 0.3 is 0 Å². The Labute approximate surface area is 131 Å². The van der Waals surface area contributed by atoms with E-state index in [1.54, 1.807) is 11.3 Å². The molecule has 1 fully saturated rings. The van der Waals surface area contributed by atoms with Crippen molar-refractivity contribution in [1.82, 2.24) is 5.32 Å². The summed E-state index contributed by atoms with van der Waals surface area (Å²) in [6, 6.07) is 4.46. The largest absolute Gasteiger partial charge is 0.353 e. The number of hydrogen-bond acceptors (Lipinski definition) is 3. The fourth-order valence-electron chi connectivity index (χ4n) is 2.90. The highest BCUT2D eigenvalue weighted by molar-refractivity contribution is 7.11. The highest BCUT2D eigenvalue weighted by atomic mass is 35.5. The summed E-state index contributed by atoms with van der Waals surface area (Å²) in [5.41, 5.74) is 5.55. The van der Waals surface area contributed by atoms with Crippen LogP contribution in [0.25, 0.3) is 0 Å². The van der Waals surface area contributed by atoms with E-state index in [2.05, 4.69) is 31.3 Å². The third-order valence-electron chi connectivity index (χ3n) is 4.11. The summed E-state index contributed by atoms with van der Waals surface area (Å²) in [5.74, 6) is 0.160. The van der Waals surface area contributed by atoms with Crippen LogP contribution in [0.5, 0.6) is 0 Å². The van der Waals surface area contributed by atoms with Crippen molar-refractivity contribution in [1.29, 1.82) is 0 Å². The van der Waals surface area contributed by atoms with Gasteiger partial charge in [-0.1, -0.05) is 12.8 Å². The molecule has 0 aromatic carbocycles. The van der Waals surface area contributed by atoms with Crippen LogP contribution in [0.15, 0.2) is 12.1 Å². The number of hydrogen-bond donors (Lipinski definition) is 2. The zero-order valence-electron chi connectivity index (χ0n) is 12.3. The molecule has 5 heteroatoms. The van der Waals surface area contributed by atoms with Crippen molar-refractivity contribution in [3.63, 3.8) is 0 Å². The van der Waals surface area contributed by atoms with Crippen molar-refractivity contribution in [3.05, 3.63) is 21.9 Å². The van der Waals surface area contributed by atoms with E-state index in [9.17, 15) is 4.79 Å². The van der Waals surface area contributed by atoms with E-state index in [-0.39, 0.29) is 29.8 Å². The molecule has 1 atom stereocenters. The molecule has 1 aliphatic carbocycles. The molecule has 1 aromatic rings. The van der Waals surface area contributed by atoms with Crippen LogP contribution in [0.4, 0.5) is 0 Å². The molecule has 0 saturated heterocycles. The third kappa shape index (κ3) is 3.96. The van der Waals surface area contributed by atoms with Crippen LogP contribution in [-0.2, 0) is 11.2 Å². The minimum Gasteiger partial charge on any atom is -0.353 e. The van der Waals surface area contributed by atoms with Crippen LogP contribution in [0.1, 0.15) is 42.4 Å². The number of carbonyl (C=O) groups excluding carboxylic acids is 1. The van der Waals surface area contributed by atoms with Gasteiger partial charge in [-0.25, -0.2) is 0 Å². The summed E-state index contributed by atoms with van der Waals surface area (Å²) >= 11 is 1.80. The van der Waals surface area contributed by atoms with E-state index in [4.69, 9.17) is 5.73 Å². The first-order valence-corrected chi connectivity index (χ1v) is 7.94. The summed E-state index contributed by atoms with van der Waals surface area (Å²) < 4.78 is 0. The molecule has 0 radical (unpaired) electrons. The first kappa shape index (κ1) is 17.5. The van der Waals surface area contributed by atoms with Gasteiger partial charge in [0.1, 0.15) is 0 Å². The lowest BCUT2D eigenvalue weighted by Crippen LogP contribution is -2.47. The first-order valence-electron chi connectivity index (χ1n) is 7.12. The van der Waals surface area contributed by atoms with Gasteiger partial charge in [-0.2, -0.15) is 0 Å². The van der Waals surface area contributed by atoms with E-state index in [0.717, 1.165) is 32.1 Å². The van der Waals surface area contributed by atoms with Crippen LogP contribution in [0, 0.1) is 12.3 Å². The minimum atomic E-state index is -0.292.